The highest BCUT2D eigenvalue weighted by Gasteiger charge is 2.23. The first kappa shape index (κ1) is 12.3. The molecule has 0 saturated carbocycles. The lowest BCUT2D eigenvalue weighted by atomic mass is 10.1. The molecule has 0 aromatic carbocycles. The maximum atomic E-state index is 3.88. The molecule has 4 heteroatoms. The molecule has 16 heavy (non-hydrogen) atoms. The fourth-order valence-electron chi connectivity index (χ4n) is 2.12. The minimum absolute atomic E-state index is 0.494. The first-order valence-electron chi connectivity index (χ1n) is 5.61. The Morgan fingerprint density at radius 3 is 2.88 bits per heavy atom. The Balaban J connectivity index is 2.15. The van der Waals surface area contributed by atoms with Crippen molar-refractivity contribution in [1.29, 1.82) is 0 Å². The van der Waals surface area contributed by atoms with Gasteiger partial charge in [0.25, 0.3) is 0 Å². The molecule has 1 saturated heterocycles. The smallest absolute Gasteiger partial charge is 0.0488 e. The summed E-state index contributed by atoms with van der Waals surface area (Å²) in [4.78, 5) is 3.98. The van der Waals surface area contributed by atoms with Crippen molar-refractivity contribution in [2.24, 2.45) is 0 Å². The lowest BCUT2D eigenvalue weighted by Crippen LogP contribution is -2.44. The van der Waals surface area contributed by atoms with Crippen LogP contribution < -0.4 is 5.32 Å². The predicted octanol–water partition coefficient (Wildman–Crippen LogP) is 3.03. The third kappa shape index (κ3) is 2.74. The first-order valence-corrected chi connectivity index (χ1v) is 7.28. The summed E-state index contributed by atoms with van der Waals surface area (Å²) in [6.45, 7) is 8.33. The summed E-state index contributed by atoms with van der Waals surface area (Å²) in [6, 6.07) is 2.63. The molecule has 0 unspecified atom stereocenters. The zero-order valence-corrected chi connectivity index (χ0v) is 11.7. The minimum atomic E-state index is 0.494. The van der Waals surface area contributed by atoms with Gasteiger partial charge in [-0.05, 0) is 33.8 Å². The van der Waals surface area contributed by atoms with E-state index in [-0.39, 0.29) is 0 Å². The quantitative estimate of drug-likeness (QED) is 0.860. The van der Waals surface area contributed by atoms with E-state index in [0.29, 0.717) is 6.04 Å². The molecule has 1 fully saturated rings. The summed E-state index contributed by atoms with van der Waals surface area (Å²) in [5.74, 6) is 0. The summed E-state index contributed by atoms with van der Waals surface area (Å²) in [5, 5.41) is 5.55. The first-order chi connectivity index (χ1) is 7.83. The fourth-order valence-corrected chi connectivity index (χ4v) is 3.90. The van der Waals surface area contributed by atoms with Gasteiger partial charge in [0.2, 0.25) is 0 Å². The number of halogens is 1. The lowest BCUT2D eigenvalue weighted by Gasteiger charge is -2.34. The third-order valence-corrected chi connectivity index (χ3v) is 4.90. The molecule has 0 aliphatic carbocycles. The molecule has 1 N–H and O–H groups in total. The van der Waals surface area contributed by atoms with Crippen molar-refractivity contribution in [2.75, 3.05) is 26.2 Å². The van der Waals surface area contributed by atoms with Crippen molar-refractivity contribution in [1.82, 2.24) is 10.2 Å². The molecule has 0 bridgehead atoms. The van der Waals surface area contributed by atoms with Crippen LogP contribution in [0.25, 0.3) is 0 Å². The Hall–Kier alpha value is -0.160. The van der Waals surface area contributed by atoms with Gasteiger partial charge >= 0.3 is 0 Å². The zero-order valence-electron chi connectivity index (χ0n) is 9.29. The van der Waals surface area contributed by atoms with Gasteiger partial charge in [0, 0.05) is 41.6 Å². The van der Waals surface area contributed by atoms with Crippen LogP contribution in [0.2, 0.25) is 0 Å². The maximum Gasteiger partial charge on any atom is 0.0488 e. The van der Waals surface area contributed by atoms with E-state index in [0.717, 1.165) is 32.6 Å². The number of thiophene rings is 1. The van der Waals surface area contributed by atoms with Gasteiger partial charge in [0.1, 0.15) is 0 Å². The van der Waals surface area contributed by atoms with E-state index in [2.05, 4.69) is 44.2 Å². The van der Waals surface area contributed by atoms with Crippen LogP contribution in [0.4, 0.5) is 0 Å². The zero-order chi connectivity index (χ0) is 11.4. The third-order valence-electron chi connectivity index (χ3n) is 2.93. The molecule has 2 nitrogen and oxygen atoms in total. The van der Waals surface area contributed by atoms with Gasteiger partial charge in [0.15, 0.2) is 0 Å². The molecule has 1 aliphatic rings. The van der Waals surface area contributed by atoms with Crippen LogP contribution in [-0.4, -0.2) is 31.1 Å². The highest BCUT2D eigenvalue weighted by atomic mass is 79.9. The second-order valence-corrected chi connectivity index (χ2v) is 5.76. The molecular formula is C12H17BrN2S. The molecular weight excluding hydrogens is 284 g/mol. The van der Waals surface area contributed by atoms with Crippen LogP contribution in [0.3, 0.4) is 0 Å². The van der Waals surface area contributed by atoms with Gasteiger partial charge in [-0.25, -0.2) is 0 Å². The Morgan fingerprint density at radius 2 is 2.31 bits per heavy atom. The van der Waals surface area contributed by atoms with E-state index < -0.39 is 0 Å². The molecule has 0 radical (unpaired) electrons. The van der Waals surface area contributed by atoms with E-state index in [1.807, 2.05) is 17.4 Å². The normalized spacial score (nSPS) is 19.6. The van der Waals surface area contributed by atoms with Gasteiger partial charge in [-0.15, -0.1) is 17.9 Å². The van der Waals surface area contributed by atoms with Crippen molar-refractivity contribution >= 4 is 27.3 Å². The summed E-state index contributed by atoms with van der Waals surface area (Å²) >= 11 is 5.47. The number of piperazine rings is 1. The Bertz CT molecular complexity index is 345. The monoisotopic (exact) mass is 300 g/mol. The van der Waals surface area contributed by atoms with Gasteiger partial charge in [-0.1, -0.05) is 6.08 Å². The predicted molar refractivity (Wildman–Crippen MR) is 74.0 cm³/mol. The van der Waals surface area contributed by atoms with Crippen molar-refractivity contribution in [2.45, 2.75) is 12.5 Å². The molecule has 0 spiro atoms. The summed E-state index contributed by atoms with van der Waals surface area (Å²) < 4.78 is 1.24. The van der Waals surface area contributed by atoms with Crippen molar-refractivity contribution in [3.63, 3.8) is 0 Å². The van der Waals surface area contributed by atoms with Crippen LogP contribution >= 0.6 is 27.3 Å². The molecule has 1 aromatic heterocycles. The SMILES string of the molecule is C=CC[C@H](c1sccc1Br)N1CCNCC1. The molecule has 1 aromatic rings. The molecule has 2 rings (SSSR count). The van der Waals surface area contributed by atoms with Gasteiger partial charge in [-0.3, -0.25) is 4.90 Å². The topological polar surface area (TPSA) is 15.3 Å². The number of nitrogens with one attached hydrogen (secondary N) is 1. The lowest BCUT2D eigenvalue weighted by molar-refractivity contribution is 0.176. The summed E-state index contributed by atoms with van der Waals surface area (Å²) in [5.41, 5.74) is 0. The van der Waals surface area contributed by atoms with Gasteiger partial charge in [-0.2, -0.15) is 0 Å². The summed E-state index contributed by atoms with van der Waals surface area (Å²) in [7, 11) is 0. The van der Waals surface area contributed by atoms with Crippen LogP contribution in [0.5, 0.6) is 0 Å². The number of nitrogens with zero attached hydrogens (tertiary/aromatic N) is 1. The highest BCUT2D eigenvalue weighted by Crippen LogP contribution is 2.35. The fraction of sp³-hybridized carbons (Fsp3) is 0.500. The average molecular weight is 301 g/mol. The van der Waals surface area contributed by atoms with Gasteiger partial charge < -0.3 is 5.32 Å². The molecule has 88 valence electrons. The molecule has 2 heterocycles. The van der Waals surface area contributed by atoms with E-state index in [1.165, 1.54) is 9.35 Å². The van der Waals surface area contributed by atoms with Gasteiger partial charge in [0.05, 0.1) is 0 Å². The standard InChI is InChI=1S/C12H17BrN2S/c1-2-3-11(12-10(13)4-9-16-12)15-7-5-14-6-8-15/h2,4,9,11,14H,1,3,5-8H2/t11-/m1/s1. The average Bonchev–Trinajstić information content (AvgIpc) is 2.73. The van der Waals surface area contributed by atoms with Crippen molar-refractivity contribution in [3.05, 3.63) is 33.5 Å². The molecule has 1 aliphatic heterocycles. The molecule has 0 amide bonds. The number of rotatable bonds is 4. The molecule has 1 atom stereocenters. The Labute approximate surface area is 109 Å². The maximum absolute atomic E-state index is 3.88. The minimum Gasteiger partial charge on any atom is -0.314 e. The Kier molecular flexibility index (Phi) is 4.58. The largest absolute Gasteiger partial charge is 0.314 e. The van der Waals surface area contributed by atoms with E-state index >= 15 is 0 Å². The second-order valence-electron chi connectivity index (χ2n) is 3.96. The van der Waals surface area contributed by atoms with Crippen LogP contribution in [0.15, 0.2) is 28.6 Å². The Morgan fingerprint density at radius 1 is 1.56 bits per heavy atom. The second kappa shape index (κ2) is 5.96. The van der Waals surface area contributed by atoms with Crippen molar-refractivity contribution < 1.29 is 0 Å². The highest BCUT2D eigenvalue weighted by molar-refractivity contribution is 9.10. The van der Waals surface area contributed by atoms with E-state index in [1.54, 1.807) is 0 Å². The number of hydrogen-bond donors (Lipinski definition) is 1. The van der Waals surface area contributed by atoms with Crippen molar-refractivity contribution in [3.8, 4) is 0 Å². The number of hydrogen-bond acceptors (Lipinski definition) is 3. The summed E-state index contributed by atoms with van der Waals surface area (Å²) in [6.07, 6.45) is 3.05. The van der Waals surface area contributed by atoms with Crippen LogP contribution in [0, 0.1) is 0 Å². The van der Waals surface area contributed by atoms with Crippen LogP contribution in [-0.2, 0) is 0 Å². The van der Waals surface area contributed by atoms with E-state index in [4.69, 9.17) is 0 Å². The van der Waals surface area contributed by atoms with E-state index in [9.17, 15) is 0 Å². The van der Waals surface area contributed by atoms with Crippen LogP contribution in [0.1, 0.15) is 17.3 Å².